The van der Waals surface area contributed by atoms with Gasteiger partial charge in [-0.25, -0.2) is 4.98 Å². The first-order valence-electron chi connectivity index (χ1n) is 9.15. The van der Waals surface area contributed by atoms with Crippen LogP contribution in [-0.2, 0) is 4.79 Å². The third kappa shape index (κ3) is 5.25. The molecule has 3 aromatic rings. The van der Waals surface area contributed by atoms with Crippen molar-refractivity contribution in [1.29, 1.82) is 0 Å². The van der Waals surface area contributed by atoms with E-state index in [2.05, 4.69) is 17.0 Å². The van der Waals surface area contributed by atoms with E-state index in [1.165, 1.54) is 16.2 Å². The number of fused-ring (bicyclic) bond motifs is 1. The minimum Gasteiger partial charge on any atom is -0.494 e. The second-order valence-corrected chi connectivity index (χ2v) is 8.74. The van der Waals surface area contributed by atoms with Gasteiger partial charge in [-0.2, -0.15) is 0 Å². The molecule has 0 atom stereocenters. The summed E-state index contributed by atoms with van der Waals surface area (Å²) in [6.45, 7) is 1.40. The molecule has 0 saturated carbocycles. The first kappa shape index (κ1) is 20.6. The summed E-state index contributed by atoms with van der Waals surface area (Å²) in [6, 6.07) is 16.0. The minimum absolute atomic E-state index is 0.100. The Hall–Kier alpha value is -2.09. The van der Waals surface area contributed by atoms with Crippen LogP contribution < -0.4 is 9.64 Å². The Bertz CT molecular complexity index is 912. The number of benzene rings is 2. The smallest absolute Gasteiger partial charge is 0.229 e. The average molecular weight is 416 g/mol. The van der Waals surface area contributed by atoms with Gasteiger partial charge in [0.2, 0.25) is 5.91 Å². The molecular weight excluding hydrogens is 390 g/mol. The highest BCUT2D eigenvalue weighted by molar-refractivity contribution is 7.99. The number of ether oxygens (including phenoxy) is 1. The molecule has 0 radical (unpaired) electrons. The highest BCUT2D eigenvalue weighted by Crippen LogP contribution is 2.34. The molecule has 3 rings (SSSR count). The molecule has 0 spiro atoms. The van der Waals surface area contributed by atoms with Crippen molar-refractivity contribution >= 4 is 44.4 Å². The molecule has 0 unspecified atom stereocenters. The van der Waals surface area contributed by atoms with Crippen LogP contribution in [0.15, 0.2) is 53.4 Å². The standard InChI is InChI=1S/C21H25N3O2S2/c1-23(2)13-14-24(19(25)12-15-27-16-8-5-4-6-9-16)21-22-20-17(26-3)10-7-11-18(20)28-21/h4-11H,12-15H2,1-3H3. The first-order valence-corrected chi connectivity index (χ1v) is 10.9. The second kappa shape index (κ2) is 9.91. The fourth-order valence-electron chi connectivity index (χ4n) is 2.73. The Morgan fingerprint density at radius 3 is 2.61 bits per heavy atom. The van der Waals surface area contributed by atoms with Gasteiger partial charge in [-0.1, -0.05) is 35.6 Å². The van der Waals surface area contributed by atoms with Gasteiger partial charge in [0, 0.05) is 30.2 Å². The zero-order valence-electron chi connectivity index (χ0n) is 16.4. The summed E-state index contributed by atoms with van der Waals surface area (Å²) in [5.74, 6) is 1.58. The molecule has 5 nitrogen and oxygen atoms in total. The monoisotopic (exact) mass is 415 g/mol. The number of methoxy groups -OCH3 is 1. The molecule has 0 bridgehead atoms. The molecular formula is C21H25N3O2S2. The van der Waals surface area contributed by atoms with Crippen LogP contribution in [0.3, 0.4) is 0 Å². The van der Waals surface area contributed by atoms with Gasteiger partial charge in [0.1, 0.15) is 11.3 Å². The Balaban J connectivity index is 1.75. The Morgan fingerprint density at radius 2 is 1.89 bits per heavy atom. The SMILES string of the molecule is COc1cccc2sc(N(CCN(C)C)C(=O)CCSc3ccccc3)nc12. The molecule has 0 N–H and O–H groups in total. The molecule has 0 aliphatic rings. The highest BCUT2D eigenvalue weighted by Gasteiger charge is 2.20. The summed E-state index contributed by atoms with van der Waals surface area (Å²) in [6.07, 6.45) is 0.472. The van der Waals surface area contributed by atoms with Gasteiger partial charge in [0.15, 0.2) is 5.13 Å². The number of anilines is 1. The number of thiazole rings is 1. The lowest BCUT2D eigenvalue weighted by Crippen LogP contribution is -2.36. The van der Waals surface area contributed by atoms with Crippen molar-refractivity contribution in [3.05, 3.63) is 48.5 Å². The van der Waals surface area contributed by atoms with E-state index in [1.54, 1.807) is 18.9 Å². The van der Waals surface area contributed by atoms with E-state index in [9.17, 15) is 4.79 Å². The van der Waals surface area contributed by atoms with Crippen molar-refractivity contribution in [3.8, 4) is 5.75 Å². The number of carbonyl (C=O) groups is 1. The summed E-state index contributed by atoms with van der Waals surface area (Å²) in [5, 5.41) is 0.732. The maximum atomic E-state index is 13.0. The molecule has 1 aromatic heterocycles. The van der Waals surface area contributed by atoms with Crippen LogP contribution in [0.5, 0.6) is 5.75 Å². The van der Waals surface area contributed by atoms with Gasteiger partial charge in [0.25, 0.3) is 0 Å². The molecule has 0 aliphatic carbocycles. The number of nitrogens with zero attached hydrogens (tertiary/aromatic N) is 3. The topological polar surface area (TPSA) is 45.7 Å². The van der Waals surface area contributed by atoms with Crippen LogP contribution >= 0.6 is 23.1 Å². The molecule has 28 heavy (non-hydrogen) atoms. The predicted octanol–water partition coefficient (Wildman–Crippen LogP) is 4.38. The number of carbonyl (C=O) groups excluding carboxylic acids is 1. The number of para-hydroxylation sites is 1. The quantitative estimate of drug-likeness (QED) is 0.485. The summed E-state index contributed by atoms with van der Waals surface area (Å²) in [5.41, 5.74) is 0.811. The lowest BCUT2D eigenvalue weighted by atomic mass is 10.3. The molecule has 1 heterocycles. The summed E-state index contributed by atoms with van der Waals surface area (Å²) in [7, 11) is 5.66. The summed E-state index contributed by atoms with van der Waals surface area (Å²) >= 11 is 3.24. The van der Waals surface area contributed by atoms with Crippen LogP contribution in [0.25, 0.3) is 10.2 Å². The van der Waals surface area contributed by atoms with Gasteiger partial charge in [-0.05, 0) is 38.4 Å². The number of hydrogen-bond donors (Lipinski definition) is 0. The van der Waals surface area contributed by atoms with E-state index < -0.39 is 0 Å². The minimum atomic E-state index is 0.100. The van der Waals surface area contributed by atoms with Crippen molar-refractivity contribution in [1.82, 2.24) is 9.88 Å². The van der Waals surface area contributed by atoms with Crippen LogP contribution in [-0.4, -0.2) is 55.8 Å². The number of rotatable bonds is 9. The van der Waals surface area contributed by atoms with Gasteiger partial charge in [0.05, 0.1) is 11.8 Å². The van der Waals surface area contributed by atoms with Gasteiger partial charge < -0.3 is 9.64 Å². The summed E-state index contributed by atoms with van der Waals surface area (Å²) in [4.78, 5) is 22.8. The summed E-state index contributed by atoms with van der Waals surface area (Å²) < 4.78 is 6.45. The van der Waals surface area contributed by atoms with E-state index in [1.807, 2.05) is 55.4 Å². The van der Waals surface area contributed by atoms with Crippen molar-refractivity contribution in [2.75, 3.05) is 44.9 Å². The molecule has 7 heteroatoms. The van der Waals surface area contributed by atoms with Crippen LogP contribution in [0.1, 0.15) is 6.42 Å². The van der Waals surface area contributed by atoms with E-state index in [4.69, 9.17) is 9.72 Å². The normalized spacial score (nSPS) is 11.1. The number of hydrogen-bond acceptors (Lipinski definition) is 6. The fourth-order valence-corrected chi connectivity index (χ4v) is 4.62. The van der Waals surface area contributed by atoms with Crippen LogP contribution in [0.2, 0.25) is 0 Å². The van der Waals surface area contributed by atoms with Gasteiger partial charge in [-0.15, -0.1) is 11.8 Å². The van der Waals surface area contributed by atoms with E-state index in [0.717, 1.165) is 33.4 Å². The van der Waals surface area contributed by atoms with Crippen LogP contribution in [0, 0.1) is 0 Å². The van der Waals surface area contributed by atoms with Crippen molar-refractivity contribution < 1.29 is 9.53 Å². The Morgan fingerprint density at radius 1 is 1.11 bits per heavy atom. The predicted molar refractivity (Wildman–Crippen MR) is 119 cm³/mol. The van der Waals surface area contributed by atoms with Crippen molar-refractivity contribution in [2.45, 2.75) is 11.3 Å². The molecule has 0 saturated heterocycles. The lowest BCUT2D eigenvalue weighted by molar-refractivity contribution is -0.118. The second-order valence-electron chi connectivity index (χ2n) is 6.56. The Labute approximate surface area is 174 Å². The number of aromatic nitrogens is 1. The molecule has 1 amide bonds. The van der Waals surface area contributed by atoms with E-state index in [0.29, 0.717) is 13.0 Å². The number of amides is 1. The largest absolute Gasteiger partial charge is 0.494 e. The Kier molecular flexibility index (Phi) is 7.30. The fraction of sp³-hybridized carbons (Fsp3) is 0.333. The first-order chi connectivity index (χ1) is 13.6. The molecule has 148 valence electrons. The van der Waals surface area contributed by atoms with Crippen molar-refractivity contribution in [2.24, 2.45) is 0 Å². The lowest BCUT2D eigenvalue weighted by Gasteiger charge is -2.22. The molecule has 2 aromatic carbocycles. The zero-order chi connectivity index (χ0) is 19.9. The van der Waals surface area contributed by atoms with E-state index >= 15 is 0 Å². The average Bonchev–Trinajstić information content (AvgIpc) is 3.12. The maximum Gasteiger partial charge on any atom is 0.229 e. The van der Waals surface area contributed by atoms with E-state index in [-0.39, 0.29) is 5.91 Å². The van der Waals surface area contributed by atoms with Crippen molar-refractivity contribution in [3.63, 3.8) is 0 Å². The number of likely N-dealkylation sites (N-methyl/N-ethyl adjacent to an activating group) is 1. The highest BCUT2D eigenvalue weighted by atomic mass is 32.2. The third-order valence-electron chi connectivity index (χ3n) is 4.22. The van der Waals surface area contributed by atoms with Crippen LogP contribution in [0.4, 0.5) is 5.13 Å². The molecule has 0 fully saturated rings. The van der Waals surface area contributed by atoms with Gasteiger partial charge >= 0.3 is 0 Å². The molecule has 0 aliphatic heterocycles. The van der Waals surface area contributed by atoms with Gasteiger partial charge in [-0.3, -0.25) is 9.69 Å². The maximum absolute atomic E-state index is 13.0. The number of thioether (sulfide) groups is 1. The third-order valence-corrected chi connectivity index (χ3v) is 6.28. The zero-order valence-corrected chi connectivity index (χ0v) is 18.1.